The molecule has 98 valence electrons. The van der Waals surface area contributed by atoms with Crippen molar-refractivity contribution in [1.82, 2.24) is 0 Å². The van der Waals surface area contributed by atoms with Crippen LogP contribution in [0.3, 0.4) is 0 Å². The van der Waals surface area contributed by atoms with Crippen molar-refractivity contribution in [3.05, 3.63) is 23.8 Å². The van der Waals surface area contributed by atoms with Gasteiger partial charge in [-0.25, -0.2) is 0 Å². The summed E-state index contributed by atoms with van der Waals surface area (Å²) in [5.41, 5.74) is 0.817. The second-order valence-electron chi connectivity index (χ2n) is 4.99. The number of carbonyl (C=O) groups is 1. The average Bonchev–Trinajstić information content (AvgIpc) is 3.12. The Bertz CT molecular complexity index is 455. The van der Waals surface area contributed by atoms with Gasteiger partial charge in [0.05, 0.1) is 13.0 Å². The molecule has 2 rings (SSSR count). The molecule has 0 amide bonds. The van der Waals surface area contributed by atoms with Crippen molar-refractivity contribution in [3.8, 4) is 11.5 Å². The predicted molar refractivity (Wildman–Crippen MR) is 66.8 cm³/mol. The minimum Gasteiger partial charge on any atom is -0.504 e. The van der Waals surface area contributed by atoms with Crippen molar-refractivity contribution in [3.63, 3.8) is 0 Å². The monoisotopic (exact) mass is 250 g/mol. The lowest BCUT2D eigenvalue weighted by molar-refractivity contribution is -0.139. The number of hydrogen-bond donors (Lipinski definition) is 2. The number of hydrogen-bond acceptors (Lipinski definition) is 3. The molecule has 1 aromatic rings. The summed E-state index contributed by atoms with van der Waals surface area (Å²) in [6.45, 7) is 2.03. The number of rotatable bonds is 5. The van der Waals surface area contributed by atoms with E-state index in [0.717, 1.165) is 12.0 Å². The maximum atomic E-state index is 10.8. The molecule has 4 nitrogen and oxygen atoms in total. The van der Waals surface area contributed by atoms with Crippen LogP contribution in [-0.2, 0) is 11.2 Å². The molecule has 4 heteroatoms. The number of phenolic OH excluding ortho intramolecular Hbond substituents is 1. The zero-order valence-corrected chi connectivity index (χ0v) is 10.6. The highest BCUT2D eigenvalue weighted by molar-refractivity contribution is 5.73. The van der Waals surface area contributed by atoms with Gasteiger partial charge in [0.1, 0.15) is 0 Å². The highest BCUT2D eigenvalue weighted by atomic mass is 16.5. The van der Waals surface area contributed by atoms with Gasteiger partial charge in [0.25, 0.3) is 0 Å². The molecular formula is C14H18O4. The lowest BCUT2D eigenvalue weighted by Crippen LogP contribution is -2.08. The average molecular weight is 250 g/mol. The van der Waals surface area contributed by atoms with E-state index in [1.807, 2.05) is 19.1 Å². The van der Waals surface area contributed by atoms with Crippen molar-refractivity contribution >= 4 is 5.97 Å². The number of methoxy groups -OCH3 is 1. The molecule has 0 heterocycles. The van der Waals surface area contributed by atoms with Crippen LogP contribution >= 0.6 is 0 Å². The van der Waals surface area contributed by atoms with Gasteiger partial charge < -0.3 is 14.9 Å². The first-order valence-electron chi connectivity index (χ1n) is 6.12. The van der Waals surface area contributed by atoms with Crippen LogP contribution in [0.4, 0.5) is 0 Å². The highest BCUT2D eigenvalue weighted by Crippen LogP contribution is 2.46. The summed E-state index contributed by atoms with van der Waals surface area (Å²) in [6, 6.07) is 5.40. The number of benzene rings is 1. The van der Waals surface area contributed by atoms with Crippen LogP contribution in [0.1, 0.15) is 18.9 Å². The molecule has 3 atom stereocenters. The number of aliphatic carboxylic acids is 1. The van der Waals surface area contributed by atoms with Gasteiger partial charge in [0.15, 0.2) is 11.5 Å². The minimum absolute atomic E-state index is 0.166. The molecule has 1 aliphatic carbocycles. The van der Waals surface area contributed by atoms with Crippen LogP contribution in [0.2, 0.25) is 0 Å². The SMILES string of the molecule is COc1cccc(CC(C)C2CC2C(=O)O)c1O. The van der Waals surface area contributed by atoms with Crippen LogP contribution in [0.15, 0.2) is 18.2 Å². The van der Waals surface area contributed by atoms with E-state index >= 15 is 0 Å². The summed E-state index contributed by atoms with van der Waals surface area (Å²) in [5.74, 6) is 0.205. The molecular weight excluding hydrogens is 232 g/mol. The normalized spacial score (nSPS) is 23.4. The fourth-order valence-corrected chi connectivity index (χ4v) is 2.52. The third-order valence-electron chi connectivity index (χ3n) is 3.73. The van der Waals surface area contributed by atoms with Crippen LogP contribution in [-0.4, -0.2) is 23.3 Å². The summed E-state index contributed by atoms with van der Waals surface area (Å²) < 4.78 is 5.06. The topological polar surface area (TPSA) is 66.8 Å². The first kappa shape index (κ1) is 12.7. The predicted octanol–water partition coefficient (Wildman–Crippen LogP) is 2.30. The summed E-state index contributed by atoms with van der Waals surface area (Å²) in [4.78, 5) is 10.8. The second kappa shape index (κ2) is 4.88. The van der Waals surface area contributed by atoms with E-state index in [1.165, 1.54) is 7.11 Å². The number of phenols is 1. The van der Waals surface area contributed by atoms with Crippen molar-refractivity contribution in [1.29, 1.82) is 0 Å². The molecule has 0 radical (unpaired) electrons. The van der Waals surface area contributed by atoms with Crippen molar-refractivity contribution in [2.45, 2.75) is 19.8 Å². The molecule has 18 heavy (non-hydrogen) atoms. The molecule has 0 saturated heterocycles. The van der Waals surface area contributed by atoms with Gasteiger partial charge >= 0.3 is 5.97 Å². The van der Waals surface area contributed by atoms with Crippen molar-refractivity contribution in [2.24, 2.45) is 17.8 Å². The Labute approximate surface area is 106 Å². The molecule has 1 saturated carbocycles. The third kappa shape index (κ3) is 2.42. The van der Waals surface area contributed by atoms with Crippen LogP contribution in [0, 0.1) is 17.8 Å². The van der Waals surface area contributed by atoms with Gasteiger partial charge in [-0.1, -0.05) is 19.1 Å². The Balaban J connectivity index is 2.04. The van der Waals surface area contributed by atoms with Gasteiger partial charge in [0, 0.05) is 0 Å². The molecule has 0 spiro atoms. The quantitative estimate of drug-likeness (QED) is 0.841. The van der Waals surface area contributed by atoms with E-state index in [4.69, 9.17) is 9.84 Å². The molecule has 2 N–H and O–H groups in total. The number of carboxylic acids is 1. The van der Waals surface area contributed by atoms with Crippen LogP contribution in [0.25, 0.3) is 0 Å². The maximum absolute atomic E-state index is 10.8. The summed E-state index contributed by atoms with van der Waals surface area (Å²) in [5, 5.41) is 18.9. The van der Waals surface area contributed by atoms with E-state index in [2.05, 4.69) is 0 Å². The zero-order valence-electron chi connectivity index (χ0n) is 10.6. The fraction of sp³-hybridized carbons (Fsp3) is 0.500. The van der Waals surface area contributed by atoms with Crippen molar-refractivity contribution < 1.29 is 19.7 Å². The smallest absolute Gasteiger partial charge is 0.306 e. The van der Waals surface area contributed by atoms with Gasteiger partial charge in [-0.3, -0.25) is 4.79 Å². The second-order valence-corrected chi connectivity index (χ2v) is 4.99. The van der Waals surface area contributed by atoms with Gasteiger partial charge in [-0.2, -0.15) is 0 Å². The number of carboxylic acid groups (broad SMARTS) is 1. The number of ether oxygens (including phenoxy) is 1. The maximum Gasteiger partial charge on any atom is 0.306 e. The summed E-state index contributed by atoms with van der Waals surface area (Å²) in [6.07, 6.45) is 1.43. The first-order valence-corrected chi connectivity index (χ1v) is 6.12. The molecule has 1 aliphatic rings. The Morgan fingerprint density at radius 3 is 2.83 bits per heavy atom. The lowest BCUT2D eigenvalue weighted by Gasteiger charge is -2.13. The van der Waals surface area contributed by atoms with E-state index in [9.17, 15) is 9.90 Å². The number of aromatic hydroxyl groups is 1. The van der Waals surface area contributed by atoms with Gasteiger partial charge in [-0.05, 0) is 36.3 Å². The molecule has 3 unspecified atom stereocenters. The number of para-hydroxylation sites is 1. The molecule has 0 aliphatic heterocycles. The molecule has 1 aromatic carbocycles. The Morgan fingerprint density at radius 2 is 2.28 bits per heavy atom. The van der Waals surface area contributed by atoms with E-state index < -0.39 is 5.97 Å². The van der Waals surface area contributed by atoms with E-state index in [1.54, 1.807) is 6.07 Å². The van der Waals surface area contributed by atoms with E-state index in [0.29, 0.717) is 12.2 Å². The standard InChI is InChI=1S/C14H18O4/c1-8(10-7-11(10)14(16)17)6-9-4-3-5-12(18-2)13(9)15/h3-5,8,10-11,15H,6-7H2,1-2H3,(H,16,17). The highest BCUT2D eigenvalue weighted by Gasteiger charge is 2.46. The van der Waals surface area contributed by atoms with Crippen molar-refractivity contribution in [2.75, 3.05) is 7.11 Å². The largest absolute Gasteiger partial charge is 0.504 e. The Morgan fingerprint density at radius 1 is 1.56 bits per heavy atom. The molecule has 1 fully saturated rings. The van der Waals surface area contributed by atoms with Gasteiger partial charge in [0.2, 0.25) is 0 Å². The molecule has 0 aromatic heterocycles. The fourth-order valence-electron chi connectivity index (χ4n) is 2.52. The Kier molecular flexibility index (Phi) is 3.45. The minimum atomic E-state index is -0.707. The first-order chi connectivity index (χ1) is 8.54. The zero-order chi connectivity index (χ0) is 13.3. The summed E-state index contributed by atoms with van der Waals surface area (Å²) >= 11 is 0. The Hall–Kier alpha value is -1.71. The van der Waals surface area contributed by atoms with Gasteiger partial charge in [-0.15, -0.1) is 0 Å². The molecule has 0 bridgehead atoms. The van der Waals surface area contributed by atoms with Crippen LogP contribution < -0.4 is 4.74 Å². The van der Waals surface area contributed by atoms with Crippen LogP contribution in [0.5, 0.6) is 11.5 Å². The lowest BCUT2D eigenvalue weighted by atomic mass is 9.95. The van der Waals surface area contributed by atoms with E-state index in [-0.39, 0.29) is 23.5 Å². The third-order valence-corrected chi connectivity index (χ3v) is 3.73. The summed E-state index contributed by atoms with van der Waals surface area (Å²) in [7, 11) is 1.52.